The lowest BCUT2D eigenvalue weighted by Crippen LogP contribution is -2.43. The molecule has 0 spiro atoms. The monoisotopic (exact) mass is 241 g/mol. The average Bonchev–Trinajstić information content (AvgIpc) is 2.49. The van der Waals surface area contributed by atoms with Crippen LogP contribution in [-0.2, 0) is 4.79 Å². The van der Waals surface area contributed by atoms with Gasteiger partial charge in [-0.05, 0) is 20.8 Å². The molecule has 0 aromatic carbocycles. The number of carbonyl (C=O) groups is 2. The second-order valence-corrected chi connectivity index (χ2v) is 3.76. The number of nitrogens with one attached hydrogen (secondary N) is 1. The van der Waals surface area contributed by atoms with Gasteiger partial charge in [0.05, 0.1) is 12.2 Å². The van der Waals surface area contributed by atoms with Crippen molar-refractivity contribution in [3.05, 3.63) is 22.6 Å². The average molecular weight is 241 g/mol. The second kappa shape index (κ2) is 5.01. The van der Waals surface area contributed by atoms with Gasteiger partial charge in [0, 0.05) is 5.56 Å². The van der Waals surface area contributed by atoms with Crippen LogP contribution in [0.1, 0.15) is 27.4 Å². The number of carboxylic acids is 1. The van der Waals surface area contributed by atoms with Gasteiger partial charge in [-0.1, -0.05) is 0 Å². The third-order valence-corrected chi connectivity index (χ3v) is 2.57. The number of aliphatic hydroxyl groups excluding tert-OH is 1. The number of carbonyl (C=O) groups excluding carboxylic acids is 1. The van der Waals surface area contributed by atoms with E-state index in [1.165, 1.54) is 0 Å². The number of hydrogen-bond acceptors (Lipinski definition) is 4. The van der Waals surface area contributed by atoms with E-state index in [1.54, 1.807) is 20.8 Å². The second-order valence-electron chi connectivity index (χ2n) is 3.76. The van der Waals surface area contributed by atoms with Crippen LogP contribution in [0.5, 0.6) is 0 Å². The van der Waals surface area contributed by atoms with E-state index in [0.29, 0.717) is 22.6 Å². The summed E-state index contributed by atoms with van der Waals surface area (Å²) in [5.74, 6) is -0.794. The number of aliphatic carboxylic acids is 1. The molecule has 17 heavy (non-hydrogen) atoms. The molecule has 6 nitrogen and oxygen atoms in total. The highest BCUT2D eigenvalue weighted by atomic mass is 16.4. The van der Waals surface area contributed by atoms with Crippen molar-refractivity contribution in [2.45, 2.75) is 26.8 Å². The van der Waals surface area contributed by atoms with Gasteiger partial charge in [0.25, 0.3) is 5.91 Å². The summed E-state index contributed by atoms with van der Waals surface area (Å²) >= 11 is 0. The van der Waals surface area contributed by atoms with Crippen LogP contribution in [0.25, 0.3) is 0 Å². The first-order valence-electron chi connectivity index (χ1n) is 5.09. The first kappa shape index (κ1) is 13.2. The van der Waals surface area contributed by atoms with E-state index in [9.17, 15) is 9.59 Å². The number of carboxylic acid groups (broad SMARTS) is 1. The molecule has 6 heteroatoms. The molecule has 1 rings (SSSR count). The smallest absolute Gasteiger partial charge is 0.328 e. The molecule has 0 fully saturated rings. The Balaban J connectivity index is 2.94. The van der Waals surface area contributed by atoms with Crippen LogP contribution in [0, 0.1) is 20.8 Å². The molecule has 1 heterocycles. The quantitative estimate of drug-likeness (QED) is 0.707. The van der Waals surface area contributed by atoms with Crippen molar-refractivity contribution < 1.29 is 24.2 Å². The predicted octanol–water partition coefficient (Wildman–Crippen LogP) is 0.380. The lowest BCUT2D eigenvalue weighted by molar-refractivity contribution is -0.140. The molecule has 0 bridgehead atoms. The Bertz CT molecular complexity index is 449. The Kier molecular flexibility index (Phi) is 3.90. The minimum atomic E-state index is -1.31. The van der Waals surface area contributed by atoms with Crippen molar-refractivity contribution in [1.82, 2.24) is 5.32 Å². The van der Waals surface area contributed by atoms with Crippen LogP contribution in [-0.4, -0.2) is 34.7 Å². The van der Waals surface area contributed by atoms with Crippen LogP contribution < -0.4 is 5.32 Å². The SMILES string of the molecule is Cc1oc(C)c(C(=O)NC(CO)C(=O)O)c1C. The number of rotatable bonds is 4. The highest BCUT2D eigenvalue weighted by Gasteiger charge is 2.24. The maximum atomic E-state index is 11.8. The van der Waals surface area contributed by atoms with Gasteiger partial charge in [0.1, 0.15) is 11.5 Å². The maximum absolute atomic E-state index is 11.8. The summed E-state index contributed by atoms with van der Waals surface area (Å²) in [6, 6.07) is -1.31. The number of furan rings is 1. The number of aliphatic hydroxyl groups is 1. The highest BCUT2D eigenvalue weighted by molar-refractivity contribution is 5.98. The normalized spacial score (nSPS) is 12.2. The molecule has 1 aromatic heterocycles. The van der Waals surface area contributed by atoms with Crippen molar-refractivity contribution in [2.24, 2.45) is 0 Å². The van der Waals surface area contributed by atoms with Gasteiger partial charge in [-0.15, -0.1) is 0 Å². The molecule has 0 aliphatic heterocycles. The molecular weight excluding hydrogens is 226 g/mol. The van der Waals surface area contributed by atoms with E-state index < -0.39 is 24.5 Å². The van der Waals surface area contributed by atoms with E-state index in [-0.39, 0.29) is 0 Å². The molecule has 94 valence electrons. The fourth-order valence-corrected chi connectivity index (χ4v) is 1.54. The van der Waals surface area contributed by atoms with E-state index in [2.05, 4.69) is 5.32 Å². The largest absolute Gasteiger partial charge is 0.480 e. The van der Waals surface area contributed by atoms with Gasteiger partial charge in [0.2, 0.25) is 0 Å². The molecule has 1 atom stereocenters. The summed E-state index contributed by atoms with van der Waals surface area (Å²) in [6.45, 7) is 4.41. The van der Waals surface area contributed by atoms with Crippen LogP contribution in [0.2, 0.25) is 0 Å². The fraction of sp³-hybridized carbons (Fsp3) is 0.455. The maximum Gasteiger partial charge on any atom is 0.328 e. The van der Waals surface area contributed by atoms with E-state index in [4.69, 9.17) is 14.6 Å². The molecule has 0 radical (unpaired) electrons. The first-order valence-corrected chi connectivity index (χ1v) is 5.09. The van der Waals surface area contributed by atoms with Crippen LogP contribution in [0.15, 0.2) is 4.42 Å². The first-order chi connectivity index (χ1) is 7.88. The van der Waals surface area contributed by atoms with Crippen molar-refractivity contribution >= 4 is 11.9 Å². The molecule has 0 saturated carbocycles. The highest BCUT2D eigenvalue weighted by Crippen LogP contribution is 2.20. The van der Waals surface area contributed by atoms with Gasteiger partial charge in [-0.2, -0.15) is 0 Å². The van der Waals surface area contributed by atoms with Crippen LogP contribution >= 0.6 is 0 Å². The van der Waals surface area contributed by atoms with Gasteiger partial charge in [0.15, 0.2) is 6.04 Å². The van der Waals surface area contributed by atoms with E-state index in [0.717, 1.165) is 0 Å². The van der Waals surface area contributed by atoms with Gasteiger partial charge >= 0.3 is 5.97 Å². The van der Waals surface area contributed by atoms with Crippen LogP contribution in [0.4, 0.5) is 0 Å². The number of aryl methyl sites for hydroxylation is 2. The van der Waals surface area contributed by atoms with E-state index >= 15 is 0 Å². The lowest BCUT2D eigenvalue weighted by atomic mass is 10.1. The summed E-state index contributed by atoms with van der Waals surface area (Å²) in [7, 11) is 0. The summed E-state index contributed by atoms with van der Waals surface area (Å²) in [5, 5.41) is 19.8. The van der Waals surface area contributed by atoms with Gasteiger partial charge in [-0.25, -0.2) is 4.79 Å². The van der Waals surface area contributed by atoms with E-state index in [1.807, 2.05) is 0 Å². The molecule has 1 unspecified atom stereocenters. The molecule has 0 aliphatic rings. The Labute approximate surface area is 98.2 Å². The Morgan fingerprint density at radius 1 is 1.29 bits per heavy atom. The van der Waals surface area contributed by atoms with Crippen molar-refractivity contribution in [2.75, 3.05) is 6.61 Å². The zero-order chi connectivity index (χ0) is 13.2. The Hall–Kier alpha value is -1.82. The molecule has 0 aliphatic carbocycles. The minimum absolute atomic E-state index is 0.321. The summed E-state index contributed by atoms with van der Waals surface area (Å²) in [6.07, 6.45) is 0. The standard InChI is InChI=1S/C11H15NO5/c1-5-6(2)17-7(3)9(5)10(14)12-8(4-13)11(15)16/h8,13H,4H2,1-3H3,(H,12,14)(H,15,16). The summed E-state index contributed by atoms with van der Waals surface area (Å²) < 4.78 is 5.27. The Morgan fingerprint density at radius 2 is 1.88 bits per heavy atom. The predicted molar refractivity (Wildman–Crippen MR) is 58.9 cm³/mol. The number of hydrogen-bond donors (Lipinski definition) is 3. The summed E-state index contributed by atoms with van der Waals surface area (Å²) in [4.78, 5) is 22.5. The van der Waals surface area contributed by atoms with Crippen LogP contribution in [0.3, 0.4) is 0 Å². The molecule has 0 saturated heterocycles. The molecule has 1 amide bonds. The minimum Gasteiger partial charge on any atom is -0.480 e. The third kappa shape index (κ3) is 2.65. The molecule has 3 N–H and O–H groups in total. The fourth-order valence-electron chi connectivity index (χ4n) is 1.54. The van der Waals surface area contributed by atoms with Gasteiger partial charge in [-0.3, -0.25) is 4.79 Å². The zero-order valence-corrected chi connectivity index (χ0v) is 9.90. The van der Waals surface area contributed by atoms with Crippen molar-refractivity contribution in [3.63, 3.8) is 0 Å². The number of amides is 1. The van der Waals surface area contributed by atoms with Gasteiger partial charge < -0.3 is 19.9 Å². The molecular formula is C11H15NO5. The molecule has 1 aromatic rings. The third-order valence-electron chi connectivity index (χ3n) is 2.57. The van der Waals surface area contributed by atoms with Crippen molar-refractivity contribution in [3.8, 4) is 0 Å². The summed E-state index contributed by atoms with van der Waals surface area (Å²) in [5.41, 5.74) is 0.990. The lowest BCUT2D eigenvalue weighted by Gasteiger charge is -2.11. The van der Waals surface area contributed by atoms with Crippen molar-refractivity contribution in [1.29, 1.82) is 0 Å². The Morgan fingerprint density at radius 3 is 2.24 bits per heavy atom. The zero-order valence-electron chi connectivity index (χ0n) is 9.90. The topological polar surface area (TPSA) is 99.8 Å².